The van der Waals surface area contributed by atoms with E-state index in [1.807, 2.05) is 0 Å². The smallest absolute Gasteiger partial charge is 0.463 e. The van der Waals surface area contributed by atoms with Crippen molar-refractivity contribution in [3.8, 4) is 0 Å². The minimum atomic E-state index is -3.11. The van der Waals surface area contributed by atoms with Crippen LogP contribution in [0.5, 0.6) is 0 Å². The Bertz CT molecular complexity index is 1090. The molecule has 0 N–H and O–H groups in total. The Labute approximate surface area is 450 Å². The molecule has 0 aromatic carbocycles. The first-order valence-corrected chi connectivity index (χ1v) is 23.2. The predicted octanol–water partition coefficient (Wildman–Crippen LogP) is -2.61. The van der Waals surface area contributed by atoms with Gasteiger partial charge in [-0.3, -0.25) is 14.4 Å². The summed E-state index contributed by atoms with van der Waals surface area (Å²) in [7, 11) is -4.54. The summed E-state index contributed by atoms with van der Waals surface area (Å²) in [6.45, 7) is 14.0. The zero-order valence-corrected chi connectivity index (χ0v) is 47.9. The van der Waals surface area contributed by atoms with Gasteiger partial charge in [-0.25, -0.2) is 0 Å². The Morgan fingerprint density at radius 1 is 0.317 bits per heavy atom. The maximum atomic E-state index is 11.2. The van der Waals surface area contributed by atoms with Crippen molar-refractivity contribution in [2.45, 2.75) is 154 Å². The number of rotatable bonds is 33. The van der Waals surface area contributed by atoms with Gasteiger partial charge < -0.3 is 49.2 Å². The number of hydrogen-bond donors (Lipinski definition) is 0. The van der Waals surface area contributed by atoms with Crippen LogP contribution >= 0.6 is 0 Å². The molecule has 0 unspecified atom stereocenters. The molecule has 0 aliphatic carbocycles. The van der Waals surface area contributed by atoms with Crippen LogP contribution in [-0.4, -0.2) is 117 Å². The summed E-state index contributed by atoms with van der Waals surface area (Å²) in [6.07, 6.45) is 25.8. The fourth-order valence-corrected chi connectivity index (χ4v) is 4.39. The van der Waals surface area contributed by atoms with E-state index in [0.717, 1.165) is 57.8 Å². The molecule has 0 aromatic rings. The number of hydrogen-bond acceptors (Lipinski definition) is 18. The minimum absolute atomic E-state index is 0. The zero-order valence-electron chi connectivity index (χ0n) is 39.4. The number of carbonyl (C=O) groups is 3. The fourth-order valence-electron chi connectivity index (χ4n) is 4.39. The van der Waals surface area contributed by atoms with E-state index < -0.39 is 31.8 Å². The molecule has 0 saturated carbocycles. The Balaban J connectivity index is -0.0000000856. The molecule has 63 heavy (non-hydrogen) atoms. The van der Waals surface area contributed by atoms with Crippen molar-refractivity contribution in [1.29, 1.82) is 0 Å². The third kappa shape index (κ3) is 127. The Morgan fingerprint density at radius 2 is 0.476 bits per heavy atom. The first kappa shape index (κ1) is 83.2. The fraction of sp³-hybridized carbons (Fsp3) is 0.846. The quantitative estimate of drug-likeness (QED) is 0.0215. The van der Waals surface area contributed by atoms with Crippen LogP contribution in [0.3, 0.4) is 0 Å². The number of carbonyl (C=O) groups excluding carboxylic acids is 3. The Morgan fingerprint density at radius 3 is 0.635 bits per heavy atom. The van der Waals surface area contributed by atoms with Gasteiger partial charge in [-0.15, -0.1) is 37.9 Å². The van der Waals surface area contributed by atoms with Gasteiger partial charge in [-0.1, -0.05) is 96.3 Å². The van der Waals surface area contributed by atoms with Crippen molar-refractivity contribution in [2.75, 3.05) is 61.0 Å². The second kappa shape index (κ2) is 79.3. The van der Waals surface area contributed by atoms with Gasteiger partial charge >= 0.3 is 138 Å². The molecule has 18 nitrogen and oxygen atoms in total. The summed E-state index contributed by atoms with van der Waals surface area (Å²) in [5.74, 6) is -0.306. The molecule has 0 spiro atoms. The number of unbranched alkanes of at least 4 members (excludes halogenated alkanes) is 18. The maximum absolute atomic E-state index is 11.2. The first-order valence-electron chi connectivity index (χ1n) is 20.2. The van der Waals surface area contributed by atoms with Crippen LogP contribution in [-0.2, 0) is 74.6 Å². The Hall–Kier alpha value is 0.150. The van der Waals surface area contributed by atoms with Crippen molar-refractivity contribution in [3.05, 3.63) is 20.8 Å². The molecular formula is C39H75Na3O18S3. The van der Waals surface area contributed by atoms with Crippen molar-refractivity contribution in [3.63, 3.8) is 0 Å². The van der Waals surface area contributed by atoms with E-state index in [4.69, 9.17) is 66.3 Å². The van der Waals surface area contributed by atoms with E-state index in [0.29, 0.717) is 58.9 Å². The summed E-state index contributed by atoms with van der Waals surface area (Å²) in [6, 6.07) is 0. The van der Waals surface area contributed by atoms with Gasteiger partial charge in [0.2, 0.25) is 0 Å². The van der Waals surface area contributed by atoms with Gasteiger partial charge in [0, 0.05) is 40.6 Å². The van der Waals surface area contributed by atoms with Crippen LogP contribution in [0, 0.1) is 20.8 Å². The van der Waals surface area contributed by atoms with Gasteiger partial charge in [0.25, 0.3) is 0 Å². The van der Waals surface area contributed by atoms with Crippen molar-refractivity contribution in [1.82, 2.24) is 0 Å². The third-order valence-electron chi connectivity index (χ3n) is 7.29. The average Bonchev–Trinajstić information content (AvgIpc) is 3.17. The second-order valence-corrected chi connectivity index (χ2v) is 13.7. The zero-order chi connectivity index (χ0) is 46.9. The topological polar surface area (TPSA) is 260 Å². The molecule has 0 rings (SSSR count). The number of ether oxygens (including phenoxy) is 6. The molecule has 0 heterocycles. The Kier molecular flexibility index (Phi) is 105. The van der Waals surface area contributed by atoms with E-state index in [2.05, 4.69) is 20.8 Å². The largest absolute Gasteiger partial charge is 1.00 e. The first-order chi connectivity index (χ1) is 28.6. The van der Waals surface area contributed by atoms with Crippen molar-refractivity contribution >= 4 is 49.7 Å². The average molecular weight is 997 g/mol. The SMILES string of the molecule is O=S(=O)=O.O=S(=O)=O.O=S(=O)=O.[CH2-]CCCCCCCCC(=O)OCCOC.[CH2-]CCCCCCCCC(=O)OCCOC.[CH2-]CCCCCCCCC(=O)OCCOC.[Na+].[Na+].[Na+]. The molecule has 0 bridgehead atoms. The molecule has 24 heteroatoms. The maximum Gasteiger partial charge on any atom is 1.00 e. The monoisotopic (exact) mass is 996 g/mol. The van der Waals surface area contributed by atoms with E-state index in [9.17, 15) is 14.4 Å². The van der Waals surface area contributed by atoms with Gasteiger partial charge in [0.15, 0.2) is 0 Å². The van der Waals surface area contributed by atoms with Gasteiger partial charge in [-0.2, -0.15) is 19.3 Å². The number of methoxy groups -OCH3 is 3. The van der Waals surface area contributed by atoms with Crippen LogP contribution < -0.4 is 88.7 Å². The van der Waals surface area contributed by atoms with E-state index in [1.165, 1.54) is 77.0 Å². The van der Waals surface area contributed by atoms with Crippen molar-refractivity contribution in [2.24, 2.45) is 0 Å². The molecule has 0 atom stereocenters. The van der Waals surface area contributed by atoms with Crippen LogP contribution in [0.1, 0.15) is 154 Å². The summed E-state index contributed by atoms with van der Waals surface area (Å²) in [4.78, 5) is 33.5. The summed E-state index contributed by atoms with van der Waals surface area (Å²) < 4.78 is 105. The van der Waals surface area contributed by atoms with Crippen LogP contribution in [0.25, 0.3) is 0 Å². The van der Waals surface area contributed by atoms with E-state index in [1.54, 1.807) is 21.3 Å². The predicted molar refractivity (Wildman–Crippen MR) is 224 cm³/mol. The van der Waals surface area contributed by atoms with E-state index in [-0.39, 0.29) is 107 Å². The minimum Gasteiger partial charge on any atom is -0.463 e. The third-order valence-corrected chi connectivity index (χ3v) is 7.29. The molecule has 0 radical (unpaired) electrons. The van der Waals surface area contributed by atoms with Gasteiger partial charge in [0.1, 0.15) is 19.8 Å². The molecule has 0 amide bonds. The molecular weight excluding hydrogens is 922 g/mol. The summed E-state index contributed by atoms with van der Waals surface area (Å²) in [5, 5.41) is 0. The molecule has 0 saturated heterocycles. The molecule has 0 aromatic heterocycles. The molecule has 0 aliphatic rings. The standard InChI is InChI=1S/3C13H25O3.3Na.3O3S/c3*1-3-4-5-6-7-8-9-10-13(14)16-12-11-15-2;;;;3*1-4(2)3/h3*1,3-12H2,2H3;;;;;;/q3*-1;3*+1;;;. The second-order valence-electron chi connectivity index (χ2n) is 12.4. The van der Waals surface area contributed by atoms with E-state index >= 15 is 0 Å². The molecule has 0 aliphatic heterocycles. The van der Waals surface area contributed by atoms with Gasteiger partial charge in [-0.05, 0) is 19.3 Å². The summed E-state index contributed by atoms with van der Waals surface area (Å²) in [5.41, 5.74) is 0. The van der Waals surface area contributed by atoms with Crippen LogP contribution in [0.2, 0.25) is 0 Å². The number of esters is 3. The van der Waals surface area contributed by atoms with Crippen molar-refractivity contribution < 1.29 is 169 Å². The normalized spacial score (nSPS) is 9.05. The summed E-state index contributed by atoms with van der Waals surface area (Å²) >= 11 is 0. The molecule has 0 fully saturated rings. The van der Waals surface area contributed by atoms with Crippen LogP contribution in [0.4, 0.5) is 0 Å². The van der Waals surface area contributed by atoms with Gasteiger partial charge in [0.05, 0.1) is 19.8 Å². The molecule has 360 valence electrons. The van der Waals surface area contributed by atoms with Crippen LogP contribution in [0.15, 0.2) is 0 Å².